The second-order valence-electron chi connectivity index (χ2n) is 15.3. The highest BCUT2D eigenvalue weighted by Gasteiger charge is 2.24. The van der Waals surface area contributed by atoms with E-state index in [2.05, 4.69) is 203 Å². The van der Waals surface area contributed by atoms with Gasteiger partial charge in [0.1, 0.15) is 11.2 Å². The van der Waals surface area contributed by atoms with E-state index in [-0.39, 0.29) is 0 Å². The number of fused-ring (bicyclic) bond motifs is 12. The van der Waals surface area contributed by atoms with Gasteiger partial charge in [-0.2, -0.15) is 0 Å². The van der Waals surface area contributed by atoms with E-state index in [0.717, 1.165) is 88.2 Å². The van der Waals surface area contributed by atoms with E-state index in [4.69, 9.17) is 14.4 Å². The first-order chi connectivity index (χ1) is 29.3. The third-order valence-electron chi connectivity index (χ3n) is 12.1. The van der Waals surface area contributed by atoms with Gasteiger partial charge >= 0.3 is 0 Å². The van der Waals surface area contributed by atoms with Gasteiger partial charge in [-0.1, -0.05) is 127 Å². The fourth-order valence-electron chi connectivity index (χ4n) is 9.53. The van der Waals surface area contributed by atoms with Crippen LogP contribution in [-0.2, 0) is 0 Å². The highest BCUT2D eigenvalue weighted by Crippen LogP contribution is 2.45. The van der Waals surface area contributed by atoms with Gasteiger partial charge in [0.15, 0.2) is 0 Å². The molecule has 0 amide bonds. The lowest BCUT2D eigenvalue weighted by molar-refractivity contribution is 0.669. The van der Waals surface area contributed by atoms with Crippen LogP contribution in [-0.4, -0.2) is 19.1 Å². The molecule has 9 aromatic carbocycles. The summed E-state index contributed by atoms with van der Waals surface area (Å²) < 4.78 is 11.4. The van der Waals surface area contributed by atoms with Gasteiger partial charge in [-0.25, -0.2) is 9.97 Å². The molecule has 0 saturated heterocycles. The summed E-state index contributed by atoms with van der Waals surface area (Å²) in [5.74, 6) is 0.618. The summed E-state index contributed by atoms with van der Waals surface area (Å²) in [7, 11) is 0. The summed E-state index contributed by atoms with van der Waals surface area (Å²) in [6.45, 7) is 0. The van der Waals surface area contributed by atoms with E-state index in [1.165, 1.54) is 27.1 Å². The van der Waals surface area contributed by atoms with Crippen molar-refractivity contribution in [1.82, 2.24) is 19.1 Å². The quantitative estimate of drug-likeness (QED) is 0.180. The number of aromatic nitrogens is 4. The maximum absolute atomic E-state index is 6.77. The number of nitrogens with zero attached hydrogens (tertiary/aromatic N) is 4. The number of benzene rings is 9. The summed E-state index contributed by atoms with van der Waals surface area (Å²) >= 11 is 0. The molecule has 13 aromatic rings. The zero-order valence-electron chi connectivity index (χ0n) is 31.7. The number of hydrogen-bond donors (Lipinski definition) is 0. The van der Waals surface area contributed by atoms with Crippen LogP contribution < -0.4 is 0 Å². The van der Waals surface area contributed by atoms with Crippen LogP contribution in [0.15, 0.2) is 199 Å². The largest absolute Gasteiger partial charge is 0.456 e. The maximum Gasteiger partial charge on any atom is 0.235 e. The fourth-order valence-corrected chi connectivity index (χ4v) is 9.53. The van der Waals surface area contributed by atoms with Crippen LogP contribution in [0.4, 0.5) is 0 Å². The first kappa shape index (κ1) is 32.1. The minimum Gasteiger partial charge on any atom is -0.456 e. The molecule has 0 unspecified atom stereocenters. The molecule has 0 N–H and O–H groups in total. The molecule has 0 radical (unpaired) electrons. The molecule has 0 saturated carbocycles. The standard InChI is InChI=1S/C54H32N4O/c1-3-15-33(16-4-1)36-30-42(50-41-29-34-17-7-8-18-35(34)31-48(41)59-49(50)32-36)53-38-21-9-12-24-43(38)55-54(56-53)58-45-26-14-11-23-40(45)52-47(58)28-27-46-51(52)39-22-10-13-25-44(39)57(46)37-19-5-2-6-20-37/h1-32H. The Morgan fingerprint density at radius 2 is 0.966 bits per heavy atom. The molecule has 0 bridgehead atoms. The highest BCUT2D eigenvalue weighted by molar-refractivity contribution is 6.29. The Balaban J connectivity index is 1.15. The van der Waals surface area contributed by atoms with Crippen molar-refractivity contribution in [1.29, 1.82) is 0 Å². The van der Waals surface area contributed by atoms with Crippen LogP contribution in [0, 0.1) is 0 Å². The van der Waals surface area contributed by atoms with Crippen molar-refractivity contribution < 1.29 is 4.42 Å². The van der Waals surface area contributed by atoms with E-state index < -0.39 is 0 Å². The Labute approximate surface area is 337 Å². The van der Waals surface area contributed by atoms with Crippen LogP contribution in [0.25, 0.3) is 121 Å². The lowest BCUT2D eigenvalue weighted by Gasteiger charge is -2.14. The molecule has 0 aliphatic heterocycles. The first-order valence-electron chi connectivity index (χ1n) is 20.0. The minimum atomic E-state index is 0.618. The Bertz CT molecular complexity index is 3840. The molecule has 4 heterocycles. The fraction of sp³-hybridized carbons (Fsp3) is 0. The van der Waals surface area contributed by atoms with Crippen LogP contribution in [0.2, 0.25) is 0 Å². The molecular formula is C54H32N4O. The molecule has 59 heavy (non-hydrogen) atoms. The lowest BCUT2D eigenvalue weighted by Crippen LogP contribution is -2.03. The van der Waals surface area contributed by atoms with Crippen molar-refractivity contribution in [2.75, 3.05) is 0 Å². The van der Waals surface area contributed by atoms with Crippen LogP contribution >= 0.6 is 0 Å². The molecular weight excluding hydrogens is 721 g/mol. The number of rotatable bonds is 4. The predicted molar refractivity (Wildman–Crippen MR) is 244 cm³/mol. The SMILES string of the molecule is c1ccc(-c2cc(-c3nc(-n4c5ccccc5c5c6c7ccccc7n(-c7ccccc7)c6ccc54)nc4ccccc34)c3c(c2)oc2cc4ccccc4cc23)cc1. The highest BCUT2D eigenvalue weighted by atomic mass is 16.3. The van der Waals surface area contributed by atoms with E-state index in [9.17, 15) is 0 Å². The average molecular weight is 753 g/mol. The van der Waals surface area contributed by atoms with E-state index >= 15 is 0 Å². The summed E-state index contributed by atoms with van der Waals surface area (Å²) in [6, 6.07) is 68.8. The van der Waals surface area contributed by atoms with Crippen molar-refractivity contribution >= 4 is 87.2 Å². The van der Waals surface area contributed by atoms with Crippen molar-refractivity contribution in [3.63, 3.8) is 0 Å². The van der Waals surface area contributed by atoms with Crippen molar-refractivity contribution in [2.45, 2.75) is 0 Å². The Kier molecular flexibility index (Phi) is 6.66. The zero-order valence-corrected chi connectivity index (χ0v) is 31.7. The second-order valence-corrected chi connectivity index (χ2v) is 15.3. The Morgan fingerprint density at radius 3 is 1.71 bits per heavy atom. The molecule has 0 aliphatic carbocycles. The molecule has 5 nitrogen and oxygen atoms in total. The summed E-state index contributed by atoms with van der Waals surface area (Å²) in [4.78, 5) is 11.0. The Morgan fingerprint density at radius 1 is 0.373 bits per heavy atom. The number of furan rings is 1. The number of para-hydroxylation sites is 4. The minimum absolute atomic E-state index is 0.618. The zero-order chi connectivity index (χ0) is 38.6. The van der Waals surface area contributed by atoms with E-state index in [1.807, 2.05) is 0 Å². The van der Waals surface area contributed by atoms with Gasteiger partial charge in [-0.3, -0.25) is 4.57 Å². The first-order valence-corrected chi connectivity index (χ1v) is 20.0. The number of hydrogen-bond acceptors (Lipinski definition) is 3. The molecule has 0 spiro atoms. The van der Waals surface area contributed by atoms with Crippen LogP contribution in [0.5, 0.6) is 0 Å². The lowest BCUT2D eigenvalue weighted by atomic mass is 9.95. The van der Waals surface area contributed by atoms with Crippen molar-refractivity contribution in [3.05, 3.63) is 194 Å². The van der Waals surface area contributed by atoms with Crippen LogP contribution in [0.1, 0.15) is 0 Å². The van der Waals surface area contributed by atoms with Gasteiger partial charge in [0.2, 0.25) is 5.95 Å². The smallest absolute Gasteiger partial charge is 0.235 e. The van der Waals surface area contributed by atoms with Gasteiger partial charge in [-0.05, 0) is 88.6 Å². The molecule has 0 fully saturated rings. The molecule has 274 valence electrons. The monoisotopic (exact) mass is 752 g/mol. The van der Waals surface area contributed by atoms with Gasteiger partial charge in [0.25, 0.3) is 0 Å². The van der Waals surface area contributed by atoms with Gasteiger partial charge < -0.3 is 8.98 Å². The molecule has 0 atom stereocenters. The van der Waals surface area contributed by atoms with Gasteiger partial charge in [-0.15, -0.1) is 0 Å². The second kappa shape index (κ2) is 12.2. The van der Waals surface area contributed by atoms with Crippen molar-refractivity contribution in [3.8, 4) is 34.0 Å². The topological polar surface area (TPSA) is 48.8 Å². The third-order valence-corrected chi connectivity index (χ3v) is 12.1. The predicted octanol–water partition coefficient (Wildman–Crippen LogP) is 14.2. The summed E-state index contributed by atoms with van der Waals surface area (Å²) in [5.41, 5.74) is 12.2. The molecule has 4 aromatic heterocycles. The maximum atomic E-state index is 6.77. The average Bonchev–Trinajstić information content (AvgIpc) is 3.95. The molecule has 5 heteroatoms. The van der Waals surface area contributed by atoms with E-state index in [1.54, 1.807) is 0 Å². The third kappa shape index (κ3) is 4.67. The van der Waals surface area contributed by atoms with Gasteiger partial charge in [0, 0.05) is 49.0 Å². The van der Waals surface area contributed by atoms with E-state index in [0.29, 0.717) is 5.95 Å². The van der Waals surface area contributed by atoms with Crippen LogP contribution in [0.3, 0.4) is 0 Å². The van der Waals surface area contributed by atoms with Crippen molar-refractivity contribution in [2.24, 2.45) is 0 Å². The van der Waals surface area contributed by atoms with Gasteiger partial charge in [0.05, 0.1) is 33.3 Å². The molecule has 13 rings (SSSR count). The molecule has 0 aliphatic rings. The summed E-state index contributed by atoms with van der Waals surface area (Å²) in [5, 5.41) is 10.2. The summed E-state index contributed by atoms with van der Waals surface area (Å²) in [6.07, 6.45) is 0. The Hall–Kier alpha value is -8.02. The normalized spacial score (nSPS) is 12.1.